The summed E-state index contributed by atoms with van der Waals surface area (Å²) >= 11 is 0. The van der Waals surface area contributed by atoms with Crippen molar-refractivity contribution in [3.63, 3.8) is 0 Å². The van der Waals surface area contributed by atoms with Crippen molar-refractivity contribution in [2.75, 3.05) is 10.6 Å². The van der Waals surface area contributed by atoms with E-state index in [0.717, 1.165) is 32.1 Å². The summed E-state index contributed by atoms with van der Waals surface area (Å²) in [6.45, 7) is 11.5. The second-order valence-corrected chi connectivity index (χ2v) is 11.9. The van der Waals surface area contributed by atoms with Crippen LogP contribution in [0.4, 0.5) is 11.4 Å². The van der Waals surface area contributed by atoms with Crippen LogP contribution >= 0.6 is 0 Å². The van der Waals surface area contributed by atoms with Gasteiger partial charge >= 0.3 is 0 Å². The van der Waals surface area contributed by atoms with Gasteiger partial charge in [0, 0.05) is 46.4 Å². The zero-order valence-electron chi connectivity index (χ0n) is 24.2. The Morgan fingerprint density at radius 2 is 0.923 bits per heavy atom. The van der Waals surface area contributed by atoms with Crippen LogP contribution in [0.15, 0.2) is 48.5 Å². The molecule has 0 aliphatic rings. The number of amides is 4. The maximum absolute atomic E-state index is 12.3. The van der Waals surface area contributed by atoms with Gasteiger partial charge in [-0.15, -0.1) is 0 Å². The first-order chi connectivity index (χ1) is 18.2. The monoisotopic (exact) mass is 536 g/mol. The molecule has 2 rings (SSSR count). The van der Waals surface area contributed by atoms with Crippen LogP contribution in [0.1, 0.15) is 107 Å². The molecule has 0 fully saturated rings. The SMILES string of the molecule is CC(C)(C)NC(=O)c1cccc(NC(=O)CCCCCCCC(=O)Nc2cccc(C(=O)NC(C)(C)C)c2)c1. The number of carbonyl (C=O) groups is 4. The van der Waals surface area contributed by atoms with Crippen molar-refractivity contribution < 1.29 is 19.2 Å². The Balaban J connectivity index is 1.63. The summed E-state index contributed by atoms with van der Waals surface area (Å²) in [6, 6.07) is 13.9. The highest BCUT2D eigenvalue weighted by molar-refractivity contribution is 5.98. The summed E-state index contributed by atoms with van der Waals surface area (Å²) in [6.07, 6.45) is 5.04. The minimum absolute atomic E-state index is 0.0823. The topological polar surface area (TPSA) is 116 Å². The van der Waals surface area contributed by atoms with Gasteiger partial charge in [0.05, 0.1) is 0 Å². The van der Waals surface area contributed by atoms with Gasteiger partial charge < -0.3 is 21.3 Å². The molecule has 4 amide bonds. The molecule has 0 radical (unpaired) electrons. The summed E-state index contributed by atoms with van der Waals surface area (Å²) in [5, 5.41) is 11.6. The third-order valence-electron chi connectivity index (χ3n) is 5.60. The predicted molar refractivity (Wildman–Crippen MR) is 157 cm³/mol. The fourth-order valence-electron chi connectivity index (χ4n) is 3.85. The number of unbranched alkanes of at least 4 members (excludes halogenated alkanes) is 4. The van der Waals surface area contributed by atoms with Crippen molar-refractivity contribution >= 4 is 35.0 Å². The van der Waals surface area contributed by atoms with E-state index in [9.17, 15) is 19.2 Å². The van der Waals surface area contributed by atoms with Gasteiger partial charge in [-0.1, -0.05) is 31.4 Å². The average Bonchev–Trinajstić information content (AvgIpc) is 2.81. The molecular weight excluding hydrogens is 492 g/mol. The Labute approximate surface area is 232 Å². The van der Waals surface area contributed by atoms with Gasteiger partial charge in [-0.3, -0.25) is 19.2 Å². The third-order valence-corrected chi connectivity index (χ3v) is 5.60. The van der Waals surface area contributed by atoms with E-state index in [2.05, 4.69) is 21.3 Å². The van der Waals surface area contributed by atoms with Gasteiger partial charge in [0.15, 0.2) is 0 Å². The minimum atomic E-state index is -0.336. The molecule has 0 bridgehead atoms. The molecular formula is C31H44N4O4. The number of hydrogen-bond acceptors (Lipinski definition) is 4. The summed E-state index contributed by atoms with van der Waals surface area (Å²) in [5.74, 6) is -0.518. The van der Waals surface area contributed by atoms with Gasteiger partial charge in [-0.05, 0) is 90.8 Å². The molecule has 0 spiro atoms. The largest absolute Gasteiger partial charge is 0.347 e. The fraction of sp³-hybridized carbons (Fsp3) is 0.484. The summed E-state index contributed by atoms with van der Waals surface area (Å²) in [4.78, 5) is 49.3. The maximum Gasteiger partial charge on any atom is 0.251 e. The molecule has 4 N–H and O–H groups in total. The Bertz CT molecular complexity index is 1060. The molecule has 2 aromatic rings. The highest BCUT2D eigenvalue weighted by atomic mass is 16.2. The maximum atomic E-state index is 12.3. The normalized spacial score (nSPS) is 11.4. The highest BCUT2D eigenvalue weighted by Crippen LogP contribution is 2.15. The average molecular weight is 537 g/mol. The van der Waals surface area contributed by atoms with Crippen molar-refractivity contribution in [1.29, 1.82) is 0 Å². The van der Waals surface area contributed by atoms with Crippen molar-refractivity contribution in [3.8, 4) is 0 Å². The molecule has 8 nitrogen and oxygen atoms in total. The van der Waals surface area contributed by atoms with Gasteiger partial charge in [0.1, 0.15) is 0 Å². The second-order valence-electron chi connectivity index (χ2n) is 11.9. The van der Waals surface area contributed by atoms with Crippen LogP contribution in [0.2, 0.25) is 0 Å². The first-order valence-corrected chi connectivity index (χ1v) is 13.7. The number of rotatable bonds is 12. The Kier molecular flexibility index (Phi) is 11.7. The number of nitrogens with one attached hydrogen (secondary N) is 4. The Hall–Kier alpha value is -3.68. The summed E-state index contributed by atoms with van der Waals surface area (Å²) < 4.78 is 0. The third kappa shape index (κ3) is 13.1. The van der Waals surface area contributed by atoms with Crippen LogP contribution in [0.3, 0.4) is 0 Å². The number of hydrogen-bond donors (Lipinski definition) is 4. The first-order valence-electron chi connectivity index (χ1n) is 13.7. The van der Waals surface area contributed by atoms with Gasteiger partial charge in [-0.2, -0.15) is 0 Å². The quantitative estimate of drug-likeness (QED) is 0.247. The van der Waals surface area contributed by atoms with E-state index in [1.165, 1.54) is 0 Å². The van der Waals surface area contributed by atoms with Gasteiger partial charge in [0.25, 0.3) is 11.8 Å². The van der Waals surface area contributed by atoms with Crippen LogP contribution in [0, 0.1) is 0 Å². The van der Waals surface area contributed by atoms with Crippen molar-refractivity contribution in [3.05, 3.63) is 59.7 Å². The lowest BCUT2D eigenvalue weighted by molar-refractivity contribution is -0.117. The predicted octanol–water partition coefficient (Wildman–Crippen LogP) is 6.05. The lowest BCUT2D eigenvalue weighted by atomic mass is 10.1. The molecule has 2 aromatic carbocycles. The summed E-state index contributed by atoms with van der Waals surface area (Å²) in [5.41, 5.74) is 1.55. The molecule has 0 unspecified atom stereocenters. The molecule has 0 saturated carbocycles. The van der Waals surface area contributed by atoms with Crippen LogP contribution in [0.25, 0.3) is 0 Å². The van der Waals surface area contributed by atoms with Gasteiger partial charge in [0.2, 0.25) is 11.8 Å². The number of carbonyl (C=O) groups excluding carboxylic acids is 4. The molecule has 39 heavy (non-hydrogen) atoms. The van der Waals surface area contributed by atoms with Crippen LogP contribution in [0.5, 0.6) is 0 Å². The molecule has 0 heterocycles. The molecule has 0 aromatic heterocycles. The highest BCUT2D eigenvalue weighted by Gasteiger charge is 2.17. The summed E-state index contributed by atoms with van der Waals surface area (Å²) in [7, 11) is 0. The van der Waals surface area contributed by atoms with Crippen molar-refractivity contribution in [2.45, 2.75) is 97.6 Å². The number of benzene rings is 2. The van der Waals surface area contributed by atoms with E-state index in [0.29, 0.717) is 35.3 Å². The van der Waals surface area contributed by atoms with E-state index in [4.69, 9.17) is 0 Å². The van der Waals surface area contributed by atoms with E-state index >= 15 is 0 Å². The minimum Gasteiger partial charge on any atom is -0.347 e. The van der Waals surface area contributed by atoms with Gasteiger partial charge in [-0.25, -0.2) is 0 Å². The Morgan fingerprint density at radius 1 is 0.564 bits per heavy atom. The fourth-order valence-corrected chi connectivity index (χ4v) is 3.85. The van der Waals surface area contributed by atoms with Crippen molar-refractivity contribution in [2.24, 2.45) is 0 Å². The molecule has 0 atom stereocenters. The number of anilines is 2. The van der Waals surface area contributed by atoms with Crippen LogP contribution < -0.4 is 21.3 Å². The van der Waals surface area contributed by atoms with E-state index in [-0.39, 0.29) is 34.7 Å². The van der Waals surface area contributed by atoms with Crippen molar-refractivity contribution in [1.82, 2.24) is 10.6 Å². The van der Waals surface area contributed by atoms with Crippen LogP contribution in [-0.4, -0.2) is 34.7 Å². The molecule has 0 aliphatic carbocycles. The van der Waals surface area contributed by atoms with E-state index < -0.39 is 0 Å². The first kappa shape index (κ1) is 31.5. The smallest absolute Gasteiger partial charge is 0.251 e. The molecule has 0 aliphatic heterocycles. The zero-order chi connectivity index (χ0) is 29.1. The Morgan fingerprint density at radius 3 is 1.28 bits per heavy atom. The molecule has 8 heteroatoms. The second kappa shape index (κ2) is 14.5. The molecule has 0 saturated heterocycles. The zero-order valence-corrected chi connectivity index (χ0v) is 24.2. The molecule has 212 valence electrons. The van der Waals surface area contributed by atoms with E-state index in [1.54, 1.807) is 48.5 Å². The lowest BCUT2D eigenvalue weighted by Gasteiger charge is -2.20. The standard InChI is InChI=1S/C31H44N4O4/c1-30(2,3)34-28(38)22-14-12-16-24(20-22)32-26(36)18-10-8-7-9-11-19-27(37)33-25-17-13-15-23(21-25)29(39)35-31(4,5)6/h12-17,20-21H,7-11,18-19H2,1-6H3,(H,32,36)(H,33,37)(H,34,38)(H,35,39). The van der Waals surface area contributed by atoms with Crippen LogP contribution in [-0.2, 0) is 9.59 Å². The van der Waals surface area contributed by atoms with E-state index in [1.807, 2.05) is 41.5 Å². The lowest BCUT2D eigenvalue weighted by Crippen LogP contribution is -2.40.